The van der Waals surface area contributed by atoms with Gasteiger partial charge >= 0.3 is 5.97 Å². The van der Waals surface area contributed by atoms with Gasteiger partial charge in [0.15, 0.2) is 11.9 Å². The average molecular weight is 383 g/mol. The molecule has 5 heteroatoms. The second-order valence-electron chi connectivity index (χ2n) is 8.30. The van der Waals surface area contributed by atoms with Gasteiger partial charge in [-0.1, -0.05) is 26.0 Å². The molecule has 0 radical (unpaired) electrons. The van der Waals surface area contributed by atoms with Crippen molar-refractivity contribution in [1.82, 2.24) is 9.47 Å². The van der Waals surface area contributed by atoms with Crippen molar-refractivity contribution in [2.24, 2.45) is 13.0 Å². The zero-order valence-corrected chi connectivity index (χ0v) is 17.3. The lowest BCUT2D eigenvalue weighted by atomic mass is 9.72. The van der Waals surface area contributed by atoms with Crippen molar-refractivity contribution in [2.45, 2.75) is 58.1 Å². The molecule has 1 aromatic carbocycles. The predicted octanol–water partition coefficient (Wildman–Crippen LogP) is 3.44. The van der Waals surface area contributed by atoms with Crippen LogP contribution in [0.25, 0.3) is 10.9 Å². The number of piperidine rings is 1. The van der Waals surface area contributed by atoms with Gasteiger partial charge in [0.25, 0.3) is 0 Å². The zero-order chi connectivity index (χ0) is 20.0. The first-order valence-corrected chi connectivity index (χ1v) is 10.5. The molecule has 0 spiro atoms. The van der Waals surface area contributed by atoms with Crippen LogP contribution in [0.3, 0.4) is 0 Å². The van der Waals surface area contributed by atoms with Crippen molar-refractivity contribution in [3.8, 4) is 0 Å². The van der Waals surface area contributed by atoms with E-state index < -0.39 is 6.10 Å². The van der Waals surface area contributed by atoms with Gasteiger partial charge in [-0.25, -0.2) is 0 Å². The second-order valence-corrected chi connectivity index (χ2v) is 8.30. The van der Waals surface area contributed by atoms with E-state index in [-0.39, 0.29) is 17.7 Å². The highest BCUT2D eigenvalue weighted by Gasteiger charge is 2.43. The smallest absolute Gasteiger partial charge is 0.310 e. The number of aromatic nitrogens is 1. The first kappa shape index (κ1) is 19.2. The van der Waals surface area contributed by atoms with E-state index in [1.54, 1.807) is 13.8 Å². The number of hydrogen-bond acceptors (Lipinski definition) is 4. The molecule has 2 unspecified atom stereocenters. The number of hydrogen-bond donors (Lipinski definition) is 0. The summed E-state index contributed by atoms with van der Waals surface area (Å²) in [5.74, 6) is -0.112. The fraction of sp³-hybridized carbons (Fsp3) is 0.565. The Morgan fingerprint density at radius 3 is 2.79 bits per heavy atom. The molecule has 2 heterocycles. The molecule has 4 atom stereocenters. The molecule has 4 rings (SSSR count). The van der Waals surface area contributed by atoms with E-state index in [1.165, 1.54) is 22.0 Å². The summed E-state index contributed by atoms with van der Waals surface area (Å²) in [5, 5.41) is 1.37. The molecule has 1 aliphatic carbocycles. The number of nitrogens with zero attached hydrogens (tertiary/aromatic N) is 2. The molecule has 5 nitrogen and oxygen atoms in total. The molecule has 28 heavy (non-hydrogen) atoms. The Kier molecular flexibility index (Phi) is 5.04. The highest BCUT2D eigenvalue weighted by Crippen LogP contribution is 2.45. The normalized spacial score (nSPS) is 25.4. The maximum absolute atomic E-state index is 12.9. The molecule has 2 aromatic rings. The standard InChI is InChI=1S/C23H30N2O3/c1-5-21(26)14(3)28-23(27)16-10-18-17-8-7-9-19-22(17)15(12-24(19)4)11-20(18)25(6-2)13-16/h7-9,12,14,16,18,20H,5-6,10-11,13H2,1-4H3/t14?,16-,18?,20-/m1/s1. The molecule has 0 N–H and O–H groups in total. The summed E-state index contributed by atoms with van der Waals surface area (Å²) >= 11 is 0. The fourth-order valence-electron chi connectivity index (χ4n) is 5.23. The summed E-state index contributed by atoms with van der Waals surface area (Å²) in [6.45, 7) is 7.27. The molecule has 1 saturated heterocycles. The van der Waals surface area contributed by atoms with E-state index in [4.69, 9.17) is 4.74 Å². The van der Waals surface area contributed by atoms with Gasteiger partial charge in [0.05, 0.1) is 5.92 Å². The number of aryl methyl sites for hydroxylation is 1. The van der Waals surface area contributed by atoms with Crippen molar-refractivity contribution in [3.05, 3.63) is 35.5 Å². The van der Waals surface area contributed by atoms with E-state index >= 15 is 0 Å². The van der Waals surface area contributed by atoms with Crippen LogP contribution in [0.1, 0.15) is 50.7 Å². The number of ether oxygens (including phenoxy) is 1. The van der Waals surface area contributed by atoms with E-state index in [0.29, 0.717) is 24.9 Å². The minimum absolute atomic E-state index is 0.0225. The van der Waals surface area contributed by atoms with Crippen molar-refractivity contribution in [2.75, 3.05) is 13.1 Å². The summed E-state index contributed by atoms with van der Waals surface area (Å²) in [6, 6.07) is 6.95. The van der Waals surface area contributed by atoms with E-state index in [9.17, 15) is 9.59 Å². The second kappa shape index (κ2) is 7.36. The quantitative estimate of drug-likeness (QED) is 0.744. The predicted molar refractivity (Wildman–Crippen MR) is 109 cm³/mol. The van der Waals surface area contributed by atoms with Crippen LogP contribution >= 0.6 is 0 Å². The Hall–Kier alpha value is -2.14. The maximum Gasteiger partial charge on any atom is 0.310 e. The van der Waals surface area contributed by atoms with Crippen LogP contribution in [-0.4, -0.2) is 46.5 Å². The average Bonchev–Trinajstić information content (AvgIpc) is 3.03. The minimum atomic E-state index is -0.652. The van der Waals surface area contributed by atoms with Gasteiger partial charge in [-0.3, -0.25) is 14.5 Å². The minimum Gasteiger partial charge on any atom is -0.454 e. The summed E-state index contributed by atoms with van der Waals surface area (Å²) in [5.41, 5.74) is 4.04. The fourth-order valence-corrected chi connectivity index (χ4v) is 5.23. The van der Waals surface area contributed by atoms with Crippen LogP contribution in [-0.2, 0) is 27.8 Å². The molecule has 150 valence electrons. The first-order valence-electron chi connectivity index (χ1n) is 10.5. The summed E-state index contributed by atoms with van der Waals surface area (Å²) in [6.07, 6.45) is 3.82. The largest absolute Gasteiger partial charge is 0.454 e. The Labute approximate surface area is 166 Å². The number of fused-ring (bicyclic) bond motifs is 2. The van der Waals surface area contributed by atoms with Crippen molar-refractivity contribution in [1.29, 1.82) is 0 Å². The third kappa shape index (κ3) is 3.06. The molecule has 2 aliphatic rings. The van der Waals surface area contributed by atoms with Crippen LogP contribution in [0.2, 0.25) is 0 Å². The summed E-state index contributed by atoms with van der Waals surface area (Å²) in [4.78, 5) is 27.1. The van der Waals surface area contributed by atoms with Gasteiger partial charge in [-0.2, -0.15) is 0 Å². The number of carbonyl (C=O) groups excluding carboxylic acids is 2. The molecule has 0 bridgehead atoms. The number of carbonyl (C=O) groups is 2. The van der Waals surface area contributed by atoms with Crippen LogP contribution in [0.15, 0.2) is 24.4 Å². The zero-order valence-electron chi connectivity index (χ0n) is 17.3. The molecule has 1 aliphatic heterocycles. The van der Waals surface area contributed by atoms with Crippen LogP contribution in [0.4, 0.5) is 0 Å². The van der Waals surface area contributed by atoms with Crippen LogP contribution in [0, 0.1) is 5.92 Å². The van der Waals surface area contributed by atoms with Gasteiger partial charge in [0.1, 0.15) is 0 Å². The van der Waals surface area contributed by atoms with Crippen molar-refractivity contribution < 1.29 is 14.3 Å². The first-order chi connectivity index (χ1) is 13.4. The lowest BCUT2D eigenvalue weighted by molar-refractivity contribution is -0.160. The number of Topliss-reactive ketones (excluding diaryl/α,β-unsaturated/α-hetero) is 1. The van der Waals surface area contributed by atoms with Gasteiger partial charge in [-0.05, 0) is 43.5 Å². The Morgan fingerprint density at radius 1 is 1.29 bits per heavy atom. The number of ketones is 1. The number of benzene rings is 1. The lowest BCUT2D eigenvalue weighted by Gasteiger charge is -2.46. The highest BCUT2D eigenvalue weighted by molar-refractivity contribution is 5.89. The molecule has 0 saturated carbocycles. The third-order valence-electron chi connectivity index (χ3n) is 6.71. The molecular weight excluding hydrogens is 352 g/mol. The number of likely N-dealkylation sites (N-methyl/N-ethyl adjacent to an activating group) is 1. The van der Waals surface area contributed by atoms with Gasteiger partial charge in [-0.15, -0.1) is 0 Å². The van der Waals surface area contributed by atoms with Gasteiger partial charge in [0, 0.05) is 49.1 Å². The number of esters is 1. The molecule has 1 aromatic heterocycles. The lowest BCUT2D eigenvalue weighted by Crippen LogP contribution is -2.51. The summed E-state index contributed by atoms with van der Waals surface area (Å²) < 4.78 is 7.76. The Bertz CT molecular complexity index is 916. The van der Waals surface area contributed by atoms with E-state index in [1.807, 2.05) is 0 Å². The monoisotopic (exact) mass is 382 g/mol. The van der Waals surface area contributed by atoms with Crippen LogP contribution < -0.4 is 0 Å². The van der Waals surface area contributed by atoms with Gasteiger partial charge in [0.2, 0.25) is 0 Å². The summed E-state index contributed by atoms with van der Waals surface area (Å²) in [7, 11) is 2.11. The highest BCUT2D eigenvalue weighted by atomic mass is 16.5. The van der Waals surface area contributed by atoms with E-state index in [2.05, 4.69) is 47.8 Å². The Balaban J connectivity index is 1.64. The third-order valence-corrected chi connectivity index (χ3v) is 6.71. The SMILES string of the molecule is CCC(=O)C(C)OC(=O)[C@@H]1CC2c3cccc4c3c(cn4C)C[C@H]2N(CC)C1. The molecule has 0 amide bonds. The number of likely N-dealkylation sites (tertiary alicyclic amines) is 1. The van der Waals surface area contributed by atoms with Crippen molar-refractivity contribution >= 4 is 22.7 Å². The van der Waals surface area contributed by atoms with Crippen LogP contribution in [0.5, 0.6) is 0 Å². The Morgan fingerprint density at radius 2 is 2.07 bits per heavy atom. The topological polar surface area (TPSA) is 51.5 Å². The number of rotatable bonds is 5. The maximum atomic E-state index is 12.9. The molecular formula is C23H30N2O3. The van der Waals surface area contributed by atoms with Crippen molar-refractivity contribution in [3.63, 3.8) is 0 Å². The van der Waals surface area contributed by atoms with Gasteiger partial charge < -0.3 is 9.30 Å². The van der Waals surface area contributed by atoms with E-state index in [0.717, 1.165) is 19.4 Å². The molecule has 1 fully saturated rings.